The van der Waals surface area contributed by atoms with Crippen LogP contribution in [0.2, 0.25) is 0 Å². The summed E-state index contributed by atoms with van der Waals surface area (Å²) in [5, 5.41) is 0. The Kier molecular flexibility index (Phi) is 3.14. The maximum Gasteiger partial charge on any atom is 0.322 e. The number of hydrogen-bond donors (Lipinski definition) is 1. The second-order valence-electron chi connectivity index (χ2n) is 4.87. The van der Waals surface area contributed by atoms with Gasteiger partial charge in [-0.05, 0) is 31.4 Å². The zero-order valence-corrected chi connectivity index (χ0v) is 11.6. The number of fused-ring (bicyclic) bond motifs is 1. The normalized spacial score (nSPS) is 14.0. The summed E-state index contributed by atoms with van der Waals surface area (Å²) < 4.78 is 5.06. The first kappa shape index (κ1) is 12.7. The van der Waals surface area contributed by atoms with Crippen LogP contribution in [0.4, 0.5) is 17.6 Å². The Labute approximate surface area is 117 Å². The Hall–Kier alpha value is -2.37. The fourth-order valence-electron chi connectivity index (χ4n) is 2.51. The van der Waals surface area contributed by atoms with Crippen molar-refractivity contribution in [1.29, 1.82) is 0 Å². The summed E-state index contributed by atoms with van der Waals surface area (Å²) in [7, 11) is 1.52. The van der Waals surface area contributed by atoms with E-state index in [4.69, 9.17) is 10.5 Å². The van der Waals surface area contributed by atoms with E-state index < -0.39 is 0 Å². The lowest BCUT2D eigenvalue weighted by atomic mass is 10.00. The van der Waals surface area contributed by atoms with Crippen LogP contribution < -0.4 is 15.4 Å². The lowest BCUT2D eigenvalue weighted by molar-refractivity contribution is 0.379. The van der Waals surface area contributed by atoms with Crippen molar-refractivity contribution in [2.75, 3.05) is 24.3 Å². The predicted octanol–water partition coefficient (Wildman–Crippen LogP) is 1.86. The molecule has 104 valence electrons. The van der Waals surface area contributed by atoms with Crippen LogP contribution in [0.15, 0.2) is 18.2 Å². The van der Waals surface area contributed by atoms with Gasteiger partial charge in [0.25, 0.3) is 0 Å². The van der Waals surface area contributed by atoms with Crippen LogP contribution in [-0.2, 0) is 6.42 Å². The van der Waals surface area contributed by atoms with Crippen LogP contribution in [0.3, 0.4) is 0 Å². The summed E-state index contributed by atoms with van der Waals surface area (Å²) in [6.45, 7) is 2.96. The van der Waals surface area contributed by atoms with Gasteiger partial charge in [-0.25, -0.2) is 0 Å². The SMILES string of the molecule is COc1nc(N)nc(N2CCCc3cc(C)ccc32)n1. The molecule has 0 saturated carbocycles. The number of nitrogens with zero attached hydrogens (tertiary/aromatic N) is 4. The van der Waals surface area contributed by atoms with Gasteiger partial charge in [-0.3, -0.25) is 0 Å². The molecule has 0 fully saturated rings. The molecule has 0 saturated heterocycles. The number of nitrogens with two attached hydrogens (primary N) is 1. The van der Waals surface area contributed by atoms with Crippen LogP contribution in [-0.4, -0.2) is 28.6 Å². The minimum atomic E-state index is 0.172. The van der Waals surface area contributed by atoms with Crippen molar-refractivity contribution in [1.82, 2.24) is 15.0 Å². The number of benzene rings is 1. The summed E-state index contributed by atoms with van der Waals surface area (Å²) in [5.41, 5.74) is 9.43. The zero-order chi connectivity index (χ0) is 14.1. The molecular weight excluding hydrogens is 254 g/mol. The first-order valence-electron chi connectivity index (χ1n) is 6.60. The Morgan fingerprint density at radius 1 is 1.25 bits per heavy atom. The molecule has 0 atom stereocenters. The van der Waals surface area contributed by atoms with Gasteiger partial charge in [0.05, 0.1) is 7.11 Å². The van der Waals surface area contributed by atoms with Gasteiger partial charge >= 0.3 is 6.01 Å². The van der Waals surface area contributed by atoms with E-state index in [1.54, 1.807) is 0 Å². The molecule has 1 aliphatic rings. The third kappa shape index (κ3) is 2.24. The molecule has 0 unspecified atom stereocenters. The van der Waals surface area contributed by atoms with Crippen molar-refractivity contribution in [3.63, 3.8) is 0 Å². The molecular formula is C14H17N5O. The molecule has 2 heterocycles. The van der Waals surface area contributed by atoms with E-state index in [-0.39, 0.29) is 12.0 Å². The Morgan fingerprint density at radius 3 is 2.90 bits per heavy atom. The molecule has 0 amide bonds. The molecule has 0 aliphatic carbocycles. The van der Waals surface area contributed by atoms with Gasteiger partial charge in [0.15, 0.2) is 0 Å². The Morgan fingerprint density at radius 2 is 2.10 bits per heavy atom. The highest BCUT2D eigenvalue weighted by molar-refractivity contribution is 5.64. The highest BCUT2D eigenvalue weighted by Gasteiger charge is 2.21. The molecule has 1 aliphatic heterocycles. The molecule has 0 bridgehead atoms. The van der Waals surface area contributed by atoms with Crippen LogP contribution in [0.1, 0.15) is 17.5 Å². The molecule has 6 nitrogen and oxygen atoms in total. The number of hydrogen-bond acceptors (Lipinski definition) is 6. The van der Waals surface area contributed by atoms with Crippen LogP contribution in [0.25, 0.3) is 0 Å². The van der Waals surface area contributed by atoms with Crippen molar-refractivity contribution < 1.29 is 4.74 Å². The number of methoxy groups -OCH3 is 1. The zero-order valence-electron chi connectivity index (χ0n) is 11.6. The van der Waals surface area contributed by atoms with Crippen LogP contribution in [0, 0.1) is 6.92 Å². The molecule has 0 spiro atoms. The number of aromatic nitrogens is 3. The van der Waals surface area contributed by atoms with Crippen LogP contribution in [0.5, 0.6) is 6.01 Å². The van der Waals surface area contributed by atoms with Gasteiger partial charge in [0.2, 0.25) is 11.9 Å². The first-order chi connectivity index (χ1) is 9.67. The molecule has 1 aromatic heterocycles. The third-order valence-electron chi connectivity index (χ3n) is 3.40. The summed E-state index contributed by atoms with van der Waals surface area (Å²) >= 11 is 0. The standard InChI is InChI=1S/C14H17N5O/c1-9-5-6-11-10(8-9)4-3-7-19(11)13-16-12(15)17-14(18-13)20-2/h5-6,8H,3-4,7H2,1-2H3,(H2,15,16,17,18). The molecule has 0 radical (unpaired) electrons. The lowest BCUT2D eigenvalue weighted by Crippen LogP contribution is -2.27. The highest BCUT2D eigenvalue weighted by atomic mass is 16.5. The summed E-state index contributed by atoms with van der Waals surface area (Å²) in [6.07, 6.45) is 2.13. The molecule has 1 aromatic carbocycles. The molecule has 2 aromatic rings. The number of rotatable bonds is 2. The third-order valence-corrected chi connectivity index (χ3v) is 3.40. The average Bonchev–Trinajstić information content (AvgIpc) is 2.45. The van der Waals surface area contributed by atoms with E-state index in [2.05, 4.69) is 45.0 Å². The molecule has 2 N–H and O–H groups in total. The maximum absolute atomic E-state index is 5.72. The number of ether oxygens (including phenoxy) is 1. The minimum absolute atomic E-state index is 0.172. The number of nitrogen functional groups attached to an aromatic ring is 1. The van der Waals surface area contributed by atoms with E-state index in [9.17, 15) is 0 Å². The van der Waals surface area contributed by atoms with E-state index in [0.717, 1.165) is 25.1 Å². The van der Waals surface area contributed by atoms with Crippen molar-refractivity contribution in [2.24, 2.45) is 0 Å². The average molecular weight is 271 g/mol. The minimum Gasteiger partial charge on any atom is -0.467 e. The highest BCUT2D eigenvalue weighted by Crippen LogP contribution is 2.32. The van der Waals surface area contributed by atoms with E-state index in [1.807, 2.05) is 0 Å². The Balaban J connectivity index is 2.06. The first-order valence-corrected chi connectivity index (χ1v) is 6.60. The largest absolute Gasteiger partial charge is 0.467 e. The van der Waals surface area contributed by atoms with Crippen molar-refractivity contribution in [3.8, 4) is 6.01 Å². The molecule has 20 heavy (non-hydrogen) atoms. The van der Waals surface area contributed by atoms with Crippen molar-refractivity contribution in [2.45, 2.75) is 19.8 Å². The van der Waals surface area contributed by atoms with Gasteiger partial charge in [-0.1, -0.05) is 17.7 Å². The summed E-state index contributed by atoms with van der Waals surface area (Å²) in [4.78, 5) is 14.5. The fourth-order valence-corrected chi connectivity index (χ4v) is 2.51. The topological polar surface area (TPSA) is 77.2 Å². The van der Waals surface area contributed by atoms with Gasteiger partial charge < -0.3 is 15.4 Å². The van der Waals surface area contributed by atoms with E-state index >= 15 is 0 Å². The van der Waals surface area contributed by atoms with Gasteiger partial charge in [0, 0.05) is 12.2 Å². The monoisotopic (exact) mass is 271 g/mol. The van der Waals surface area contributed by atoms with Crippen molar-refractivity contribution in [3.05, 3.63) is 29.3 Å². The second-order valence-corrected chi connectivity index (χ2v) is 4.87. The van der Waals surface area contributed by atoms with Crippen molar-refractivity contribution >= 4 is 17.6 Å². The summed E-state index contributed by atoms with van der Waals surface area (Å²) in [6, 6.07) is 6.66. The number of anilines is 3. The van der Waals surface area contributed by atoms with Gasteiger partial charge in [-0.15, -0.1) is 0 Å². The lowest BCUT2D eigenvalue weighted by Gasteiger charge is -2.29. The van der Waals surface area contributed by atoms with E-state index in [1.165, 1.54) is 18.2 Å². The van der Waals surface area contributed by atoms with Gasteiger partial charge in [-0.2, -0.15) is 15.0 Å². The molecule has 6 heteroatoms. The van der Waals surface area contributed by atoms with E-state index in [0.29, 0.717) is 5.95 Å². The predicted molar refractivity (Wildman–Crippen MR) is 77.3 cm³/mol. The number of aryl methyl sites for hydroxylation is 2. The van der Waals surface area contributed by atoms with Gasteiger partial charge in [0.1, 0.15) is 0 Å². The fraction of sp³-hybridized carbons (Fsp3) is 0.357. The maximum atomic E-state index is 5.72. The summed E-state index contributed by atoms with van der Waals surface area (Å²) in [5.74, 6) is 0.713. The quantitative estimate of drug-likeness (QED) is 0.898. The smallest absolute Gasteiger partial charge is 0.322 e. The molecule has 3 rings (SSSR count). The second kappa shape index (κ2) is 4.96. The van der Waals surface area contributed by atoms with Crippen LogP contribution >= 0.6 is 0 Å². The Bertz CT molecular complexity index is 643.